The summed E-state index contributed by atoms with van der Waals surface area (Å²) in [6, 6.07) is 7.14. The zero-order valence-corrected chi connectivity index (χ0v) is 15.5. The van der Waals surface area contributed by atoms with E-state index < -0.39 is 0 Å². The molecule has 7 nitrogen and oxygen atoms in total. The quantitative estimate of drug-likeness (QED) is 0.863. The second kappa shape index (κ2) is 7.68. The van der Waals surface area contributed by atoms with Gasteiger partial charge in [-0.2, -0.15) is 0 Å². The van der Waals surface area contributed by atoms with Gasteiger partial charge in [-0.25, -0.2) is 0 Å². The van der Waals surface area contributed by atoms with Crippen molar-refractivity contribution >= 4 is 17.5 Å². The van der Waals surface area contributed by atoms with Crippen LogP contribution in [0.3, 0.4) is 0 Å². The molecule has 7 heteroatoms. The SMILES string of the molecule is CCN(CC)C(=O)c1cccc(NC(=O)[C@@H]2CC[C@@H]2c2nncn2C)c1. The molecule has 3 rings (SSSR count). The van der Waals surface area contributed by atoms with Crippen molar-refractivity contribution < 1.29 is 9.59 Å². The molecule has 2 aromatic rings. The first-order valence-corrected chi connectivity index (χ1v) is 9.09. The molecule has 1 heterocycles. The minimum absolute atomic E-state index is 0.0216. The third-order valence-corrected chi connectivity index (χ3v) is 5.12. The number of amides is 2. The largest absolute Gasteiger partial charge is 0.339 e. The molecule has 1 fully saturated rings. The first-order chi connectivity index (χ1) is 12.5. The Morgan fingerprint density at radius 2 is 2.04 bits per heavy atom. The predicted octanol–water partition coefficient (Wildman–Crippen LogP) is 2.43. The lowest BCUT2D eigenvalue weighted by molar-refractivity contribution is -0.123. The molecule has 1 N–H and O–H groups in total. The molecular formula is C19H25N5O2. The summed E-state index contributed by atoms with van der Waals surface area (Å²) in [4.78, 5) is 26.9. The van der Waals surface area contributed by atoms with Gasteiger partial charge in [-0.15, -0.1) is 10.2 Å². The molecule has 1 aliphatic carbocycles. The predicted molar refractivity (Wildman–Crippen MR) is 98.8 cm³/mol. The zero-order valence-electron chi connectivity index (χ0n) is 15.5. The van der Waals surface area contributed by atoms with E-state index in [1.54, 1.807) is 29.4 Å². The fourth-order valence-electron chi connectivity index (χ4n) is 3.41. The fourth-order valence-corrected chi connectivity index (χ4v) is 3.41. The smallest absolute Gasteiger partial charge is 0.253 e. The van der Waals surface area contributed by atoms with Crippen molar-refractivity contribution in [3.05, 3.63) is 42.0 Å². The summed E-state index contributed by atoms with van der Waals surface area (Å²) >= 11 is 0. The number of rotatable bonds is 6. The molecule has 0 radical (unpaired) electrons. The van der Waals surface area contributed by atoms with Gasteiger partial charge in [0, 0.05) is 43.2 Å². The number of nitrogens with one attached hydrogen (secondary N) is 1. The van der Waals surface area contributed by atoms with Crippen LogP contribution in [-0.2, 0) is 11.8 Å². The van der Waals surface area contributed by atoms with E-state index in [4.69, 9.17) is 0 Å². The topological polar surface area (TPSA) is 80.1 Å². The first-order valence-electron chi connectivity index (χ1n) is 9.09. The maximum atomic E-state index is 12.7. The Bertz CT molecular complexity index is 797. The number of carbonyl (C=O) groups excluding carboxylic acids is 2. The molecule has 138 valence electrons. The average molecular weight is 355 g/mol. The summed E-state index contributed by atoms with van der Waals surface area (Å²) in [5.74, 6) is 0.785. The molecule has 0 bridgehead atoms. The molecule has 1 aromatic carbocycles. The van der Waals surface area contributed by atoms with Gasteiger partial charge in [-0.3, -0.25) is 9.59 Å². The molecule has 0 spiro atoms. The van der Waals surface area contributed by atoms with E-state index in [9.17, 15) is 9.59 Å². The minimum Gasteiger partial charge on any atom is -0.339 e. The lowest BCUT2D eigenvalue weighted by atomic mass is 9.72. The number of benzene rings is 1. The van der Waals surface area contributed by atoms with Crippen molar-refractivity contribution in [3.8, 4) is 0 Å². The molecule has 0 unspecified atom stereocenters. The van der Waals surface area contributed by atoms with Gasteiger partial charge in [0.05, 0.1) is 0 Å². The van der Waals surface area contributed by atoms with Crippen molar-refractivity contribution in [1.82, 2.24) is 19.7 Å². The van der Waals surface area contributed by atoms with E-state index in [1.807, 2.05) is 31.5 Å². The lowest BCUT2D eigenvalue weighted by Crippen LogP contribution is -2.36. The summed E-state index contributed by atoms with van der Waals surface area (Å²) < 4.78 is 1.87. The van der Waals surface area contributed by atoms with Crippen molar-refractivity contribution in [2.75, 3.05) is 18.4 Å². The number of aromatic nitrogens is 3. The summed E-state index contributed by atoms with van der Waals surface area (Å²) in [5, 5.41) is 11.0. The monoisotopic (exact) mass is 355 g/mol. The van der Waals surface area contributed by atoms with E-state index in [1.165, 1.54) is 0 Å². The molecule has 26 heavy (non-hydrogen) atoms. The van der Waals surface area contributed by atoms with Crippen LogP contribution in [-0.4, -0.2) is 44.6 Å². The Morgan fingerprint density at radius 1 is 1.27 bits per heavy atom. The van der Waals surface area contributed by atoms with Gasteiger partial charge in [-0.05, 0) is 44.9 Å². The van der Waals surface area contributed by atoms with E-state index >= 15 is 0 Å². The first kappa shape index (κ1) is 18.1. The summed E-state index contributed by atoms with van der Waals surface area (Å²) in [5.41, 5.74) is 1.24. The second-order valence-corrected chi connectivity index (χ2v) is 6.64. The highest BCUT2D eigenvalue weighted by atomic mass is 16.2. The van der Waals surface area contributed by atoms with Gasteiger partial charge in [0.25, 0.3) is 5.91 Å². The summed E-state index contributed by atoms with van der Waals surface area (Å²) in [7, 11) is 1.89. The molecule has 1 aliphatic rings. The van der Waals surface area contributed by atoms with Crippen LogP contribution in [0.2, 0.25) is 0 Å². The number of hydrogen-bond donors (Lipinski definition) is 1. The van der Waals surface area contributed by atoms with E-state index in [-0.39, 0.29) is 23.7 Å². The van der Waals surface area contributed by atoms with Crippen LogP contribution < -0.4 is 5.32 Å². The van der Waals surface area contributed by atoms with Crippen molar-refractivity contribution in [2.24, 2.45) is 13.0 Å². The Kier molecular flexibility index (Phi) is 5.35. The molecule has 1 aromatic heterocycles. The molecule has 0 saturated heterocycles. The van der Waals surface area contributed by atoms with Crippen LogP contribution in [0, 0.1) is 5.92 Å². The van der Waals surface area contributed by atoms with Gasteiger partial charge in [-0.1, -0.05) is 6.07 Å². The van der Waals surface area contributed by atoms with E-state index in [0.29, 0.717) is 24.3 Å². The Balaban J connectivity index is 1.69. The third kappa shape index (κ3) is 3.47. The van der Waals surface area contributed by atoms with Crippen LogP contribution >= 0.6 is 0 Å². The Morgan fingerprint density at radius 3 is 2.62 bits per heavy atom. The molecule has 1 saturated carbocycles. The van der Waals surface area contributed by atoms with Crippen LogP contribution in [0.1, 0.15) is 48.8 Å². The minimum atomic E-state index is -0.111. The maximum Gasteiger partial charge on any atom is 0.253 e. The Hall–Kier alpha value is -2.70. The summed E-state index contributed by atoms with van der Waals surface area (Å²) in [6.07, 6.45) is 3.43. The van der Waals surface area contributed by atoms with E-state index in [2.05, 4.69) is 15.5 Å². The molecule has 2 atom stereocenters. The van der Waals surface area contributed by atoms with Crippen LogP contribution in [0.5, 0.6) is 0 Å². The number of nitrogens with zero attached hydrogens (tertiary/aromatic N) is 4. The molecule has 0 aliphatic heterocycles. The third-order valence-electron chi connectivity index (χ3n) is 5.12. The van der Waals surface area contributed by atoms with Crippen LogP contribution in [0.25, 0.3) is 0 Å². The average Bonchev–Trinajstić information content (AvgIpc) is 3.00. The maximum absolute atomic E-state index is 12.7. The van der Waals surface area contributed by atoms with Crippen molar-refractivity contribution in [3.63, 3.8) is 0 Å². The molecular weight excluding hydrogens is 330 g/mol. The van der Waals surface area contributed by atoms with E-state index in [0.717, 1.165) is 18.7 Å². The number of carbonyl (C=O) groups is 2. The fraction of sp³-hybridized carbons (Fsp3) is 0.474. The highest BCUT2D eigenvalue weighted by Gasteiger charge is 2.40. The van der Waals surface area contributed by atoms with Gasteiger partial charge < -0.3 is 14.8 Å². The molecule has 2 amide bonds. The highest BCUT2D eigenvalue weighted by Crippen LogP contribution is 2.42. The number of hydrogen-bond acceptors (Lipinski definition) is 4. The lowest BCUT2D eigenvalue weighted by Gasteiger charge is -2.34. The van der Waals surface area contributed by atoms with Gasteiger partial charge in [0.2, 0.25) is 5.91 Å². The van der Waals surface area contributed by atoms with Crippen LogP contribution in [0.15, 0.2) is 30.6 Å². The van der Waals surface area contributed by atoms with Crippen LogP contribution in [0.4, 0.5) is 5.69 Å². The zero-order chi connectivity index (χ0) is 18.7. The van der Waals surface area contributed by atoms with Gasteiger partial charge >= 0.3 is 0 Å². The second-order valence-electron chi connectivity index (χ2n) is 6.64. The summed E-state index contributed by atoms with van der Waals surface area (Å²) in [6.45, 7) is 5.23. The number of anilines is 1. The standard InChI is InChI=1S/C19H25N5O2/c1-4-24(5-2)19(26)13-7-6-8-14(11-13)21-18(25)16-10-9-15(16)17-22-20-12-23(17)3/h6-8,11-12,15-16H,4-5,9-10H2,1-3H3,(H,21,25)/t15-,16+/m0/s1. The van der Waals surface area contributed by atoms with Gasteiger partial charge in [0.1, 0.15) is 12.2 Å². The van der Waals surface area contributed by atoms with Crippen molar-refractivity contribution in [2.45, 2.75) is 32.6 Å². The number of aryl methyl sites for hydroxylation is 1. The van der Waals surface area contributed by atoms with Gasteiger partial charge in [0.15, 0.2) is 0 Å². The Labute approximate surface area is 153 Å². The highest BCUT2D eigenvalue weighted by molar-refractivity contribution is 5.98. The normalized spacial score (nSPS) is 18.9. The van der Waals surface area contributed by atoms with Crippen molar-refractivity contribution in [1.29, 1.82) is 0 Å².